The van der Waals surface area contributed by atoms with Gasteiger partial charge >= 0.3 is 0 Å². The van der Waals surface area contributed by atoms with Crippen LogP contribution < -0.4 is 0 Å². The molecule has 0 bridgehead atoms. The van der Waals surface area contributed by atoms with Gasteiger partial charge in [0.05, 0.1) is 5.56 Å². The number of alkyl halides is 1. The first kappa shape index (κ1) is 13.6. The zero-order valence-corrected chi connectivity index (χ0v) is 12.0. The second-order valence-corrected chi connectivity index (χ2v) is 5.14. The van der Waals surface area contributed by atoms with E-state index in [-0.39, 0.29) is 17.7 Å². The monoisotopic (exact) mass is 353 g/mol. The number of rotatable bonds is 3. The number of benzene rings is 1. The van der Waals surface area contributed by atoms with Gasteiger partial charge in [-0.3, -0.25) is 4.79 Å². The molecule has 1 unspecified atom stereocenters. The van der Waals surface area contributed by atoms with E-state index in [1.807, 2.05) is 6.92 Å². The van der Waals surface area contributed by atoms with Crippen LogP contribution in [0.15, 0.2) is 18.2 Å². The van der Waals surface area contributed by atoms with Crippen molar-refractivity contribution >= 4 is 40.1 Å². The van der Waals surface area contributed by atoms with Crippen molar-refractivity contribution in [3.8, 4) is 5.75 Å². The molecule has 0 fully saturated rings. The number of hydrogen-bond donors (Lipinski definition) is 1. The molecule has 0 spiro atoms. The molecule has 0 saturated carbocycles. The normalized spacial score (nSPS) is 12.2. The third-order valence-electron chi connectivity index (χ3n) is 2.39. The van der Waals surface area contributed by atoms with Crippen LogP contribution >= 0.6 is 34.2 Å². The fourth-order valence-electron chi connectivity index (χ4n) is 1.17. The van der Waals surface area contributed by atoms with Crippen LogP contribution in [-0.4, -0.2) is 34.9 Å². The van der Waals surface area contributed by atoms with E-state index in [2.05, 4.69) is 22.6 Å². The van der Waals surface area contributed by atoms with Crippen LogP contribution in [-0.2, 0) is 0 Å². The number of nitrogens with zero attached hydrogens (tertiary/aromatic N) is 1. The molecule has 1 N–H and O–H groups in total. The predicted molar refractivity (Wildman–Crippen MR) is 73.1 cm³/mol. The maximum atomic E-state index is 12.0. The third kappa shape index (κ3) is 3.01. The van der Waals surface area contributed by atoms with Crippen molar-refractivity contribution in [2.75, 3.05) is 12.9 Å². The molecule has 1 aromatic carbocycles. The Balaban J connectivity index is 3.00. The molecule has 0 aliphatic carbocycles. The van der Waals surface area contributed by atoms with Crippen LogP contribution in [0.4, 0.5) is 0 Å². The van der Waals surface area contributed by atoms with E-state index in [0.29, 0.717) is 11.4 Å². The third-order valence-corrected chi connectivity index (χ3v) is 3.51. The summed E-state index contributed by atoms with van der Waals surface area (Å²) in [5.74, 6) is 0.149. The van der Waals surface area contributed by atoms with E-state index in [9.17, 15) is 9.90 Å². The standard InChI is InChI=1S/C11H13ClINO2/c1-7(6-12)14(2)11(16)9-5-8(13)3-4-10(9)15/h3-5,7,15H,6H2,1-2H3. The Hall–Kier alpha value is -0.490. The van der Waals surface area contributed by atoms with Crippen molar-refractivity contribution in [3.05, 3.63) is 27.3 Å². The minimum Gasteiger partial charge on any atom is -0.507 e. The van der Waals surface area contributed by atoms with Gasteiger partial charge in [-0.15, -0.1) is 11.6 Å². The van der Waals surface area contributed by atoms with Crippen molar-refractivity contribution in [1.29, 1.82) is 0 Å². The van der Waals surface area contributed by atoms with Crippen molar-refractivity contribution in [3.63, 3.8) is 0 Å². The minimum absolute atomic E-state index is 0.000890. The molecule has 1 amide bonds. The molecular formula is C11H13ClINO2. The van der Waals surface area contributed by atoms with E-state index in [4.69, 9.17) is 11.6 Å². The smallest absolute Gasteiger partial charge is 0.257 e. The van der Waals surface area contributed by atoms with Gasteiger partial charge in [-0.25, -0.2) is 0 Å². The second kappa shape index (κ2) is 5.72. The molecule has 16 heavy (non-hydrogen) atoms. The molecule has 5 heteroatoms. The highest BCUT2D eigenvalue weighted by Crippen LogP contribution is 2.21. The Labute approximate surface area is 114 Å². The number of halogens is 2. The van der Waals surface area contributed by atoms with Crippen molar-refractivity contribution < 1.29 is 9.90 Å². The van der Waals surface area contributed by atoms with Gasteiger partial charge in [0.25, 0.3) is 5.91 Å². The van der Waals surface area contributed by atoms with E-state index >= 15 is 0 Å². The molecule has 0 saturated heterocycles. The van der Waals surface area contributed by atoms with Gasteiger partial charge in [0.15, 0.2) is 0 Å². The van der Waals surface area contributed by atoms with Crippen LogP contribution in [0.1, 0.15) is 17.3 Å². The summed E-state index contributed by atoms with van der Waals surface area (Å²) in [4.78, 5) is 13.5. The van der Waals surface area contributed by atoms with E-state index in [0.717, 1.165) is 3.57 Å². The van der Waals surface area contributed by atoms with Crippen LogP contribution in [0, 0.1) is 3.57 Å². The van der Waals surface area contributed by atoms with Crippen LogP contribution in [0.3, 0.4) is 0 Å². The van der Waals surface area contributed by atoms with Gasteiger partial charge in [0.2, 0.25) is 0 Å². The Bertz CT molecular complexity index is 398. The van der Waals surface area contributed by atoms with E-state index < -0.39 is 0 Å². The summed E-state index contributed by atoms with van der Waals surface area (Å²) in [6.07, 6.45) is 0. The lowest BCUT2D eigenvalue weighted by Crippen LogP contribution is -2.36. The molecule has 0 aromatic heterocycles. The second-order valence-electron chi connectivity index (χ2n) is 3.58. The summed E-state index contributed by atoms with van der Waals surface area (Å²) < 4.78 is 0.908. The molecule has 1 aromatic rings. The summed E-state index contributed by atoms with van der Waals surface area (Å²) in [5.41, 5.74) is 0.311. The van der Waals surface area contributed by atoms with Gasteiger partial charge in [0, 0.05) is 22.5 Å². The fourth-order valence-corrected chi connectivity index (χ4v) is 1.87. The van der Waals surface area contributed by atoms with E-state index in [1.165, 1.54) is 11.0 Å². The Kier molecular flexibility index (Phi) is 4.86. The fraction of sp³-hybridized carbons (Fsp3) is 0.364. The first-order chi connectivity index (χ1) is 7.47. The molecule has 0 radical (unpaired) electrons. The Morgan fingerprint density at radius 1 is 1.62 bits per heavy atom. The highest BCUT2D eigenvalue weighted by atomic mass is 127. The Morgan fingerprint density at radius 2 is 2.25 bits per heavy atom. The molecule has 0 aliphatic rings. The largest absolute Gasteiger partial charge is 0.507 e. The zero-order valence-electron chi connectivity index (χ0n) is 9.08. The first-order valence-corrected chi connectivity index (χ1v) is 6.40. The summed E-state index contributed by atoms with van der Waals surface area (Å²) >= 11 is 7.79. The number of hydrogen-bond acceptors (Lipinski definition) is 2. The minimum atomic E-state index is -0.218. The molecule has 1 rings (SSSR count). The highest BCUT2D eigenvalue weighted by Gasteiger charge is 2.19. The molecule has 0 aliphatic heterocycles. The number of phenolic OH excluding ortho intramolecular Hbond substituents is 1. The average molecular weight is 354 g/mol. The number of amides is 1. The quantitative estimate of drug-likeness (QED) is 0.670. The number of aromatic hydroxyl groups is 1. The van der Waals surface area contributed by atoms with Crippen LogP contribution in [0.2, 0.25) is 0 Å². The van der Waals surface area contributed by atoms with Crippen LogP contribution in [0.5, 0.6) is 5.75 Å². The average Bonchev–Trinajstić information content (AvgIpc) is 2.29. The van der Waals surface area contributed by atoms with Crippen LogP contribution in [0.25, 0.3) is 0 Å². The summed E-state index contributed by atoms with van der Waals surface area (Å²) in [6.45, 7) is 1.86. The maximum Gasteiger partial charge on any atom is 0.257 e. The lowest BCUT2D eigenvalue weighted by molar-refractivity contribution is 0.0753. The Morgan fingerprint density at radius 3 is 2.81 bits per heavy atom. The number of carbonyl (C=O) groups is 1. The molecule has 0 heterocycles. The predicted octanol–water partition coefficient (Wildman–Crippen LogP) is 2.70. The highest BCUT2D eigenvalue weighted by molar-refractivity contribution is 14.1. The van der Waals surface area contributed by atoms with Gasteiger partial charge < -0.3 is 10.0 Å². The van der Waals surface area contributed by atoms with Crippen molar-refractivity contribution in [2.24, 2.45) is 0 Å². The van der Waals surface area contributed by atoms with Gasteiger partial charge in [-0.2, -0.15) is 0 Å². The molecular weight excluding hydrogens is 340 g/mol. The first-order valence-electron chi connectivity index (χ1n) is 4.79. The number of carbonyl (C=O) groups excluding carboxylic acids is 1. The van der Waals surface area contributed by atoms with Crippen molar-refractivity contribution in [1.82, 2.24) is 4.90 Å². The zero-order chi connectivity index (χ0) is 12.3. The molecule has 1 atom stereocenters. The number of phenols is 1. The van der Waals surface area contributed by atoms with Gasteiger partial charge in [0.1, 0.15) is 5.75 Å². The lowest BCUT2D eigenvalue weighted by Gasteiger charge is -2.23. The van der Waals surface area contributed by atoms with E-state index in [1.54, 1.807) is 19.2 Å². The summed E-state index contributed by atoms with van der Waals surface area (Å²) in [7, 11) is 1.68. The summed E-state index contributed by atoms with van der Waals surface area (Å²) in [6, 6.07) is 4.87. The van der Waals surface area contributed by atoms with Gasteiger partial charge in [-0.1, -0.05) is 0 Å². The molecule has 3 nitrogen and oxygen atoms in total. The lowest BCUT2D eigenvalue weighted by atomic mass is 10.1. The topological polar surface area (TPSA) is 40.5 Å². The maximum absolute atomic E-state index is 12.0. The summed E-state index contributed by atoms with van der Waals surface area (Å²) in [5, 5.41) is 9.62. The van der Waals surface area contributed by atoms with Gasteiger partial charge in [-0.05, 0) is 47.7 Å². The SMILES string of the molecule is CC(CCl)N(C)C(=O)c1cc(I)ccc1O. The molecule has 88 valence electrons. The van der Waals surface area contributed by atoms with Crippen molar-refractivity contribution in [2.45, 2.75) is 13.0 Å².